The van der Waals surface area contributed by atoms with Gasteiger partial charge in [-0.3, -0.25) is 4.98 Å². The minimum atomic E-state index is -3.80. The lowest BCUT2D eigenvalue weighted by molar-refractivity contribution is -0.170. The van der Waals surface area contributed by atoms with E-state index in [2.05, 4.69) is 20.3 Å². The highest BCUT2D eigenvalue weighted by molar-refractivity contribution is 7.69. The Bertz CT molecular complexity index is 1220. The zero-order chi connectivity index (χ0) is 24.1. The molecule has 6 nitrogen and oxygen atoms in total. The number of halogens is 3. The molecule has 1 aromatic carbocycles. The number of hydrogen-bond donors (Lipinski definition) is 2. The highest BCUT2D eigenvalue weighted by Gasteiger charge is 2.49. The van der Waals surface area contributed by atoms with Crippen molar-refractivity contribution >= 4 is 29.3 Å². The van der Waals surface area contributed by atoms with E-state index in [1.54, 1.807) is 33.2 Å². The quantitative estimate of drug-likeness (QED) is 0.510. The molecule has 2 aromatic heterocycles. The molecule has 3 rings (SSSR count). The lowest BCUT2D eigenvalue weighted by Gasteiger charge is -2.30. The number of aliphatic hydroxyl groups is 1. The first kappa shape index (κ1) is 24.1. The molecule has 172 valence electrons. The monoisotopic (exact) mass is 466 g/mol. The fourth-order valence-electron chi connectivity index (χ4n) is 3.28. The van der Waals surface area contributed by atoms with Crippen LogP contribution in [-0.2, 0) is 10.5 Å². The van der Waals surface area contributed by atoms with Crippen LogP contribution in [0.2, 0.25) is 0 Å². The van der Waals surface area contributed by atoms with Crippen molar-refractivity contribution in [1.82, 2.24) is 15.0 Å². The maximum absolute atomic E-state index is 15.2. The maximum atomic E-state index is 15.2. The van der Waals surface area contributed by atoms with Crippen LogP contribution in [0.15, 0.2) is 30.5 Å². The molecule has 2 N–H and O–H groups in total. The summed E-state index contributed by atoms with van der Waals surface area (Å²) >= 11 is 0. The van der Waals surface area contributed by atoms with Gasteiger partial charge in [0, 0.05) is 10.9 Å². The van der Waals surface area contributed by atoms with Crippen LogP contribution < -0.4 is 10.8 Å². The number of nitrogens with zero attached hydrogens (tertiary/aromatic N) is 3. The normalized spacial score (nSPS) is 13.9. The minimum absolute atomic E-state index is 0.0122. The number of aryl methyl sites for hydroxylation is 1. The molecule has 0 aliphatic carbocycles. The standard InChI is InChI=1S/C22H26F3N4O2P/c1-12(14-8-7-9-16(19(14)23)22(24,25)21(3,4)30)27-20-15-10-18(32(5,6)31)26-11-17(15)28-13(2)29-20/h7-12,30H,1-6H3,(H,27,28,29)/t12-/m1/s1. The SMILES string of the molecule is Cc1nc(N[C@H](C)c2cccc(C(F)(F)C(C)(C)O)c2F)c2cc(P(C)(C)=O)ncc2n1. The van der Waals surface area contributed by atoms with Gasteiger partial charge in [-0.15, -0.1) is 0 Å². The van der Waals surface area contributed by atoms with Crippen molar-refractivity contribution in [2.45, 2.75) is 45.3 Å². The molecule has 0 bridgehead atoms. The number of nitrogens with one attached hydrogen (secondary N) is 1. The van der Waals surface area contributed by atoms with E-state index in [0.29, 0.717) is 28.0 Å². The third-order valence-electron chi connectivity index (χ3n) is 5.19. The van der Waals surface area contributed by atoms with Gasteiger partial charge in [0.25, 0.3) is 0 Å². The Kier molecular flexibility index (Phi) is 6.13. The Labute approximate surface area is 184 Å². The molecule has 0 amide bonds. The summed E-state index contributed by atoms with van der Waals surface area (Å²) in [4.78, 5) is 12.9. The number of aromatic nitrogens is 3. The van der Waals surface area contributed by atoms with Gasteiger partial charge in [-0.1, -0.05) is 12.1 Å². The zero-order valence-electron chi connectivity index (χ0n) is 18.7. The van der Waals surface area contributed by atoms with Crippen molar-refractivity contribution in [2.24, 2.45) is 0 Å². The molecule has 0 aliphatic rings. The van der Waals surface area contributed by atoms with Crippen LogP contribution in [0.1, 0.15) is 43.8 Å². The number of benzene rings is 1. The Morgan fingerprint density at radius 3 is 2.44 bits per heavy atom. The first-order valence-corrected chi connectivity index (χ1v) is 12.6. The Morgan fingerprint density at radius 1 is 1.19 bits per heavy atom. The molecule has 0 saturated carbocycles. The van der Waals surface area contributed by atoms with Crippen molar-refractivity contribution in [1.29, 1.82) is 0 Å². The Hall–Kier alpha value is -2.51. The summed E-state index contributed by atoms with van der Waals surface area (Å²) < 4.78 is 56.9. The first-order valence-electron chi connectivity index (χ1n) is 9.98. The van der Waals surface area contributed by atoms with E-state index in [4.69, 9.17) is 0 Å². The smallest absolute Gasteiger partial charge is 0.303 e. The van der Waals surface area contributed by atoms with E-state index in [-0.39, 0.29) is 5.56 Å². The van der Waals surface area contributed by atoms with Gasteiger partial charge in [-0.25, -0.2) is 14.4 Å². The van der Waals surface area contributed by atoms with E-state index in [1.807, 2.05) is 0 Å². The average molecular weight is 466 g/mol. The van der Waals surface area contributed by atoms with Crippen molar-refractivity contribution in [3.8, 4) is 0 Å². The van der Waals surface area contributed by atoms with Crippen LogP contribution >= 0.6 is 7.14 Å². The molecule has 3 aromatic rings. The summed E-state index contributed by atoms with van der Waals surface area (Å²) in [5.74, 6) is -4.13. The van der Waals surface area contributed by atoms with Crippen molar-refractivity contribution in [2.75, 3.05) is 18.6 Å². The number of anilines is 1. The summed E-state index contributed by atoms with van der Waals surface area (Å²) in [5, 5.41) is 13.5. The molecule has 1 atom stereocenters. The molecule has 0 radical (unpaired) electrons. The average Bonchev–Trinajstić information content (AvgIpc) is 2.65. The van der Waals surface area contributed by atoms with Gasteiger partial charge in [0.2, 0.25) is 0 Å². The number of pyridine rings is 1. The molecular weight excluding hydrogens is 440 g/mol. The molecule has 0 aliphatic heterocycles. The molecule has 0 fully saturated rings. The van der Waals surface area contributed by atoms with Gasteiger partial charge in [-0.2, -0.15) is 8.78 Å². The molecule has 10 heteroatoms. The van der Waals surface area contributed by atoms with E-state index in [9.17, 15) is 18.5 Å². The Morgan fingerprint density at radius 2 is 1.84 bits per heavy atom. The van der Waals surface area contributed by atoms with Crippen LogP contribution in [0.3, 0.4) is 0 Å². The molecule has 32 heavy (non-hydrogen) atoms. The summed E-state index contributed by atoms with van der Waals surface area (Å²) in [6.07, 6.45) is 1.50. The first-order chi connectivity index (χ1) is 14.6. The highest BCUT2D eigenvalue weighted by atomic mass is 31.2. The minimum Gasteiger partial charge on any atom is -0.384 e. The van der Waals surface area contributed by atoms with Crippen LogP contribution in [0, 0.1) is 12.7 Å². The highest BCUT2D eigenvalue weighted by Crippen LogP contribution is 2.41. The van der Waals surface area contributed by atoms with Crippen LogP contribution in [-0.4, -0.2) is 39.0 Å². The van der Waals surface area contributed by atoms with Gasteiger partial charge >= 0.3 is 5.92 Å². The van der Waals surface area contributed by atoms with Gasteiger partial charge in [0.05, 0.1) is 23.3 Å². The number of hydrogen-bond acceptors (Lipinski definition) is 6. The number of fused-ring (bicyclic) bond motifs is 1. The van der Waals surface area contributed by atoms with Crippen molar-refractivity contribution < 1.29 is 22.8 Å². The second-order valence-corrected chi connectivity index (χ2v) is 11.9. The summed E-state index contributed by atoms with van der Waals surface area (Å²) in [5.41, 5.74) is -2.44. The summed E-state index contributed by atoms with van der Waals surface area (Å²) in [7, 11) is -2.66. The van der Waals surface area contributed by atoms with Gasteiger partial charge < -0.3 is 15.0 Å². The summed E-state index contributed by atoms with van der Waals surface area (Å²) in [6, 6.07) is 4.55. The predicted molar refractivity (Wildman–Crippen MR) is 120 cm³/mol. The van der Waals surface area contributed by atoms with E-state index >= 15 is 4.39 Å². The molecular formula is C22H26F3N4O2P. The van der Waals surface area contributed by atoms with Gasteiger partial charge in [-0.05, 0) is 53.2 Å². The van der Waals surface area contributed by atoms with E-state index in [0.717, 1.165) is 19.9 Å². The fraction of sp³-hybridized carbons (Fsp3) is 0.409. The topological polar surface area (TPSA) is 88.0 Å². The van der Waals surface area contributed by atoms with Crippen molar-refractivity contribution in [3.63, 3.8) is 0 Å². The second kappa shape index (κ2) is 8.12. The fourth-order valence-corrected chi connectivity index (χ4v) is 4.06. The number of rotatable bonds is 6. The molecule has 0 saturated heterocycles. The van der Waals surface area contributed by atoms with Crippen molar-refractivity contribution in [3.05, 3.63) is 53.2 Å². The third kappa shape index (κ3) is 4.50. The largest absolute Gasteiger partial charge is 0.384 e. The maximum Gasteiger partial charge on any atom is 0.303 e. The molecule has 0 spiro atoms. The lowest BCUT2D eigenvalue weighted by atomic mass is 9.91. The Balaban J connectivity index is 2.07. The zero-order valence-corrected chi connectivity index (χ0v) is 19.6. The van der Waals surface area contributed by atoms with E-state index in [1.165, 1.54) is 18.3 Å². The van der Waals surface area contributed by atoms with Crippen LogP contribution in [0.25, 0.3) is 10.9 Å². The molecule has 0 unspecified atom stereocenters. The van der Waals surface area contributed by atoms with E-state index < -0.39 is 36.1 Å². The van der Waals surface area contributed by atoms with Crippen LogP contribution in [0.4, 0.5) is 19.0 Å². The second-order valence-electron chi connectivity index (χ2n) is 8.74. The van der Waals surface area contributed by atoms with Gasteiger partial charge in [0.15, 0.2) is 0 Å². The van der Waals surface area contributed by atoms with Gasteiger partial charge in [0.1, 0.15) is 35.6 Å². The number of alkyl halides is 2. The van der Waals surface area contributed by atoms with Crippen LogP contribution in [0.5, 0.6) is 0 Å². The molecule has 2 heterocycles. The predicted octanol–water partition coefficient (Wildman–Crippen LogP) is 4.76. The third-order valence-corrected chi connectivity index (χ3v) is 6.53. The summed E-state index contributed by atoms with van der Waals surface area (Å²) in [6.45, 7) is 8.34. The lowest BCUT2D eigenvalue weighted by Crippen LogP contribution is -2.41.